The summed E-state index contributed by atoms with van der Waals surface area (Å²) in [5.74, 6) is 0. The molecule has 0 N–H and O–H groups in total. The predicted molar refractivity (Wildman–Crippen MR) is 32.7 cm³/mol. The van der Waals surface area contributed by atoms with Crippen LogP contribution < -0.4 is 0 Å². The molecule has 0 spiro atoms. The largest absolute Gasteiger partial charge is 0.429 e. The summed E-state index contributed by atoms with van der Waals surface area (Å²) in [5, 5.41) is 1.88. The molecule has 0 unspecified atom stereocenters. The molecule has 3 heteroatoms. The first-order valence-electron chi connectivity index (χ1n) is 1.64. The second kappa shape index (κ2) is 4.78. The van der Waals surface area contributed by atoms with Gasteiger partial charge in [0.1, 0.15) is 6.26 Å². The SMILES string of the molecule is C1=COSC=C1.[Na]. The molecule has 33 valence electrons. The number of hydrogen-bond donors (Lipinski definition) is 0. The summed E-state index contributed by atoms with van der Waals surface area (Å²) < 4.78 is 4.72. The number of allylic oxidation sites excluding steroid dienone is 2. The molecule has 0 bridgehead atoms. The van der Waals surface area contributed by atoms with Gasteiger partial charge in [-0.05, 0) is 12.2 Å². The fourth-order valence-corrected chi connectivity index (χ4v) is 0.566. The van der Waals surface area contributed by atoms with Gasteiger partial charge in [0, 0.05) is 35.0 Å². The summed E-state index contributed by atoms with van der Waals surface area (Å²) in [6, 6.07) is 0. The van der Waals surface area contributed by atoms with Crippen LogP contribution in [0.4, 0.5) is 0 Å². The second-order valence-corrected chi connectivity index (χ2v) is 1.51. The predicted octanol–water partition coefficient (Wildman–Crippen LogP) is 1.31. The van der Waals surface area contributed by atoms with Crippen molar-refractivity contribution in [3.8, 4) is 0 Å². The first kappa shape index (κ1) is 7.63. The van der Waals surface area contributed by atoms with Crippen LogP contribution in [-0.4, -0.2) is 29.6 Å². The number of rotatable bonds is 0. The van der Waals surface area contributed by atoms with Gasteiger partial charge >= 0.3 is 0 Å². The molecule has 1 nitrogen and oxygen atoms in total. The molecule has 1 radical (unpaired) electrons. The van der Waals surface area contributed by atoms with Crippen molar-refractivity contribution in [2.45, 2.75) is 0 Å². The van der Waals surface area contributed by atoms with Crippen molar-refractivity contribution in [1.29, 1.82) is 0 Å². The number of hydrogen-bond acceptors (Lipinski definition) is 2. The van der Waals surface area contributed by atoms with Crippen molar-refractivity contribution in [1.82, 2.24) is 0 Å². The fraction of sp³-hybridized carbons (Fsp3) is 0. The van der Waals surface area contributed by atoms with Crippen molar-refractivity contribution in [2.24, 2.45) is 0 Å². The third-order valence-electron chi connectivity index (χ3n) is 0.435. The molecule has 1 aliphatic heterocycles. The van der Waals surface area contributed by atoms with Gasteiger partial charge in [-0.15, -0.1) is 0 Å². The normalized spacial score (nSPS) is 14.9. The maximum Gasteiger partial charge on any atom is 0.101 e. The topological polar surface area (TPSA) is 9.23 Å². The van der Waals surface area contributed by atoms with Gasteiger partial charge < -0.3 is 4.18 Å². The quantitative estimate of drug-likeness (QED) is 0.355. The summed E-state index contributed by atoms with van der Waals surface area (Å²) in [4.78, 5) is 0. The van der Waals surface area contributed by atoms with E-state index in [-0.39, 0.29) is 29.6 Å². The molecular weight excluding hydrogens is 119 g/mol. The molecule has 1 rings (SSSR count). The van der Waals surface area contributed by atoms with Gasteiger partial charge in [-0.25, -0.2) is 0 Å². The smallest absolute Gasteiger partial charge is 0.101 e. The molecule has 0 aliphatic carbocycles. The van der Waals surface area contributed by atoms with E-state index < -0.39 is 0 Å². The minimum absolute atomic E-state index is 0. The Labute approximate surface area is 69.3 Å². The van der Waals surface area contributed by atoms with Gasteiger partial charge in [-0.2, -0.15) is 0 Å². The zero-order valence-electron chi connectivity index (χ0n) is 4.13. The van der Waals surface area contributed by atoms with Crippen molar-refractivity contribution >= 4 is 41.6 Å². The van der Waals surface area contributed by atoms with Crippen LogP contribution in [0.1, 0.15) is 0 Å². The molecule has 0 saturated carbocycles. The molecule has 0 aromatic rings. The van der Waals surface area contributed by atoms with E-state index in [2.05, 4.69) is 0 Å². The Balaban J connectivity index is 0.000000360. The average molecular weight is 123 g/mol. The molecule has 1 heterocycles. The summed E-state index contributed by atoms with van der Waals surface area (Å²) in [5.41, 5.74) is 0. The monoisotopic (exact) mass is 123 g/mol. The Kier molecular flexibility index (Phi) is 5.21. The Hall–Kier alpha value is 0.630. The summed E-state index contributed by atoms with van der Waals surface area (Å²) in [6.45, 7) is 0. The van der Waals surface area contributed by atoms with Crippen LogP contribution in [0.2, 0.25) is 0 Å². The van der Waals surface area contributed by atoms with Crippen molar-refractivity contribution < 1.29 is 4.18 Å². The maximum atomic E-state index is 4.72. The molecule has 0 aromatic carbocycles. The standard InChI is InChI=1S/C4H4OS.Na/c1-2-4-6-5-3-1;/h1-4H;. The van der Waals surface area contributed by atoms with Crippen LogP contribution in [0.5, 0.6) is 0 Å². The van der Waals surface area contributed by atoms with Crippen LogP contribution in [-0.2, 0) is 4.18 Å². The van der Waals surface area contributed by atoms with Crippen molar-refractivity contribution in [3.05, 3.63) is 23.8 Å². The molecule has 0 saturated heterocycles. The Morgan fingerprint density at radius 1 is 1.29 bits per heavy atom. The van der Waals surface area contributed by atoms with E-state index in [4.69, 9.17) is 4.18 Å². The third kappa shape index (κ3) is 3.23. The second-order valence-electron chi connectivity index (χ2n) is 0.850. The maximum absolute atomic E-state index is 4.72. The molecule has 0 aromatic heterocycles. The van der Waals surface area contributed by atoms with E-state index in [0.29, 0.717) is 0 Å². The Morgan fingerprint density at radius 2 is 2.14 bits per heavy atom. The minimum atomic E-state index is 0. The summed E-state index contributed by atoms with van der Waals surface area (Å²) in [7, 11) is 0. The average Bonchev–Trinajstić information content (AvgIpc) is 1.72. The van der Waals surface area contributed by atoms with E-state index in [1.54, 1.807) is 6.26 Å². The van der Waals surface area contributed by atoms with Crippen molar-refractivity contribution in [3.63, 3.8) is 0 Å². The van der Waals surface area contributed by atoms with Crippen LogP contribution in [0.15, 0.2) is 23.8 Å². The zero-order valence-corrected chi connectivity index (χ0v) is 6.94. The Morgan fingerprint density at radius 3 is 2.29 bits per heavy atom. The van der Waals surface area contributed by atoms with Gasteiger partial charge in [-0.3, -0.25) is 0 Å². The first-order chi connectivity index (χ1) is 3.00. The third-order valence-corrected chi connectivity index (χ3v) is 0.925. The molecule has 0 fully saturated rings. The van der Waals surface area contributed by atoms with E-state index in [0.717, 1.165) is 0 Å². The van der Waals surface area contributed by atoms with Gasteiger partial charge in [0.25, 0.3) is 0 Å². The van der Waals surface area contributed by atoms with E-state index in [1.165, 1.54) is 12.0 Å². The van der Waals surface area contributed by atoms with Gasteiger partial charge in [0.15, 0.2) is 0 Å². The van der Waals surface area contributed by atoms with Crippen LogP contribution >= 0.6 is 12.0 Å². The molecular formula is C4H4NaOS. The van der Waals surface area contributed by atoms with Crippen LogP contribution in [0, 0.1) is 0 Å². The van der Waals surface area contributed by atoms with E-state index in [9.17, 15) is 0 Å². The zero-order chi connectivity index (χ0) is 4.24. The van der Waals surface area contributed by atoms with E-state index in [1.807, 2.05) is 17.6 Å². The van der Waals surface area contributed by atoms with Crippen LogP contribution in [0.25, 0.3) is 0 Å². The summed E-state index contributed by atoms with van der Waals surface area (Å²) in [6.07, 6.45) is 5.41. The molecule has 0 amide bonds. The molecule has 0 atom stereocenters. The van der Waals surface area contributed by atoms with Gasteiger partial charge in [0.05, 0.1) is 12.0 Å². The fourth-order valence-electron chi connectivity index (χ4n) is 0.219. The minimum Gasteiger partial charge on any atom is -0.429 e. The molecule has 7 heavy (non-hydrogen) atoms. The van der Waals surface area contributed by atoms with E-state index >= 15 is 0 Å². The van der Waals surface area contributed by atoms with Crippen molar-refractivity contribution in [2.75, 3.05) is 0 Å². The summed E-state index contributed by atoms with van der Waals surface area (Å²) >= 11 is 1.33. The molecule has 1 aliphatic rings. The van der Waals surface area contributed by atoms with Gasteiger partial charge in [-0.1, -0.05) is 0 Å². The van der Waals surface area contributed by atoms with Gasteiger partial charge in [0.2, 0.25) is 0 Å². The van der Waals surface area contributed by atoms with Crippen LogP contribution in [0.3, 0.4) is 0 Å². The Bertz CT molecular complexity index is 77.7. The first-order valence-corrected chi connectivity index (χ1v) is 2.44.